The Bertz CT molecular complexity index is 702. The number of rotatable bonds is 1. The summed E-state index contributed by atoms with van der Waals surface area (Å²) in [6, 6.07) is 4.59. The van der Waals surface area contributed by atoms with Crippen LogP contribution in [0.3, 0.4) is 0 Å². The summed E-state index contributed by atoms with van der Waals surface area (Å²) in [4.78, 5) is 21.0. The Morgan fingerprint density at radius 1 is 1.29 bits per heavy atom. The highest BCUT2D eigenvalue weighted by Gasteiger charge is 2.32. The summed E-state index contributed by atoms with van der Waals surface area (Å²) in [5.41, 5.74) is -0.356. The van der Waals surface area contributed by atoms with Crippen LogP contribution in [0.1, 0.15) is 5.56 Å². The van der Waals surface area contributed by atoms with Gasteiger partial charge in [-0.3, -0.25) is 9.69 Å². The molecule has 1 aromatic heterocycles. The topological polar surface area (TPSA) is 58.1 Å². The van der Waals surface area contributed by atoms with Crippen LogP contribution >= 0.6 is 0 Å². The van der Waals surface area contributed by atoms with Gasteiger partial charge < -0.3 is 5.32 Å². The molecular formula is C13H9F3N4O. The largest absolute Gasteiger partial charge is 0.416 e. The summed E-state index contributed by atoms with van der Waals surface area (Å²) in [5.74, 6) is 0.0265. The molecule has 1 aromatic carbocycles. The molecule has 5 nitrogen and oxygen atoms in total. The molecule has 0 bridgehead atoms. The predicted octanol–water partition coefficient (Wildman–Crippen LogP) is 2.59. The van der Waals surface area contributed by atoms with Crippen molar-refractivity contribution in [1.29, 1.82) is 0 Å². The van der Waals surface area contributed by atoms with E-state index in [0.717, 1.165) is 12.1 Å². The Balaban J connectivity index is 2.10. The van der Waals surface area contributed by atoms with E-state index >= 15 is 0 Å². The first-order valence-corrected chi connectivity index (χ1v) is 6.01. The number of carbonyl (C=O) groups excluding carboxylic acids is 1. The van der Waals surface area contributed by atoms with Crippen LogP contribution in [0, 0.1) is 0 Å². The molecule has 8 heteroatoms. The van der Waals surface area contributed by atoms with Gasteiger partial charge in [-0.2, -0.15) is 13.2 Å². The van der Waals surface area contributed by atoms with Gasteiger partial charge in [0.15, 0.2) is 5.82 Å². The van der Waals surface area contributed by atoms with Gasteiger partial charge in [0.05, 0.1) is 18.3 Å². The normalized spacial score (nSPS) is 14.6. The molecule has 0 spiro atoms. The zero-order valence-electron chi connectivity index (χ0n) is 10.6. The highest BCUT2D eigenvalue weighted by Crippen LogP contribution is 2.36. The van der Waals surface area contributed by atoms with Crippen molar-refractivity contribution in [2.24, 2.45) is 0 Å². The average molecular weight is 294 g/mol. The average Bonchev–Trinajstić information content (AvgIpc) is 2.46. The highest BCUT2D eigenvalue weighted by atomic mass is 19.4. The summed E-state index contributed by atoms with van der Waals surface area (Å²) in [5, 5.41) is 2.79. The molecule has 0 saturated heterocycles. The van der Waals surface area contributed by atoms with E-state index in [-0.39, 0.29) is 18.1 Å². The molecule has 1 aliphatic heterocycles. The van der Waals surface area contributed by atoms with E-state index in [1.165, 1.54) is 29.6 Å². The standard InChI is InChI=1S/C13H9F3N4O/c14-13(15,16)8-2-1-3-9(4-8)20-10-5-17-7-19-12(10)18-6-11(20)21/h1-5,7H,6H2,(H,17,18,19). The van der Waals surface area contributed by atoms with Crippen molar-refractivity contribution in [1.82, 2.24) is 9.97 Å². The Hall–Kier alpha value is -2.64. The first-order valence-electron chi connectivity index (χ1n) is 6.01. The number of fused-ring (bicyclic) bond motifs is 1. The van der Waals surface area contributed by atoms with Crippen LogP contribution in [-0.4, -0.2) is 22.4 Å². The van der Waals surface area contributed by atoms with E-state index in [1.807, 2.05) is 0 Å². The van der Waals surface area contributed by atoms with Crippen molar-refractivity contribution >= 4 is 23.1 Å². The van der Waals surface area contributed by atoms with Crippen LogP contribution < -0.4 is 10.2 Å². The van der Waals surface area contributed by atoms with Gasteiger partial charge in [0.25, 0.3) is 5.91 Å². The monoisotopic (exact) mass is 294 g/mol. The number of hydrogen-bond donors (Lipinski definition) is 1. The summed E-state index contributed by atoms with van der Waals surface area (Å²) in [7, 11) is 0. The maximum absolute atomic E-state index is 12.8. The number of halogens is 3. The first-order chi connectivity index (χ1) is 9.97. The van der Waals surface area contributed by atoms with Crippen molar-refractivity contribution < 1.29 is 18.0 Å². The minimum atomic E-state index is -4.47. The second kappa shape index (κ2) is 4.72. The Labute approximate surface area is 117 Å². The third-order valence-corrected chi connectivity index (χ3v) is 3.02. The molecule has 21 heavy (non-hydrogen) atoms. The quantitative estimate of drug-likeness (QED) is 0.878. The Morgan fingerprint density at radius 2 is 2.10 bits per heavy atom. The second-order valence-electron chi connectivity index (χ2n) is 4.39. The minimum absolute atomic E-state index is 0.0414. The van der Waals surface area contributed by atoms with E-state index in [1.54, 1.807) is 0 Å². The zero-order valence-corrected chi connectivity index (χ0v) is 10.6. The molecule has 108 valence electrons. The summed E-state index contributed by atoms with van der Waals surface area (Å²) >= 11 is 0. The van der Waals surface area contributed by atoms with E-state index in [2.05, 4.69) is 15.3 Å². The summed E-state index contributed by atoms with van der Waals surface area (Å²) < 4.78 is 38.4. The molecule has 1 aliphatic rings. The van der Waals surface area contributed by atoms with Crippen LogP contribution in [0.5, 0.6) is 0 Å². The van der Waals surface area contributed by atoms with Crippen molar-refractivity contribution in [2.45, 2.75) is 6.18 Å². The van der Waals surface area contributed by atoms with Crippen LogP contribution in [0.4, 0.5) is 30.4 Å². The van der Waals surface area contributed by atoms with Gasteiger partial charge in [0.2, 0.25) is 0 Å². The smallest absolute Gasteiger partial charge is 0.359 e. The van der Waals surface area contributed by atoms with Gasteiger partial charge in [-0.15, -0.1) is 0 Å². The third-order valence-electron chi connectivity index (χ3n) is 3.02. The number of carbonyl (C=O) groups is 1. The zero-order chi connectivity index (χ0) is 15.0. The van der Waals surface area contributed by atoms with Crippen LogP contribution in [0.2, 0.25) is 0 Å². The SMILES string of the molecule is O=C1CNc2ncncc2N1c1cccc(C(F)(F)F)c1. The second-order valence-corrected chi connectivity index (χ2v) is 4.39. The van der Waals surface area contributed by atoms with Crippen molar-refractivity contribution in [3.63, 3.8) is 0 Å². The summed E-state index contributed by atoms with van der Waals surface area (Å²) in [6.07, 6.45) is -1.79. The number of alkyl halides is 3. The number of nitrogens with zero attached hydrogens (tertiary/aromatic N) is 3. The lowest BCUT2D eigenvalue weighted by molar-refractivity contribution is -0.137. The Morgan fingerprint density at radius 3 is 2.86 bits per heavy atom. The highest BCUT2D eigenvalue weighted by molar-refractivity contribution is 6.07. The fraction of sp³-hybridized carbons (Fsp3) is 0.154. The Kier molecular flexibility index (Phi) is 3.00. The number of hydrogen-bond acceptors (Lipinski definition) is 4. The first kappa shape index (κ1) is 13.3. The molecule has 2 aromatic rings. The number of anilines is 3. The van der Waals surface area contributed by atoms with Crippen molar-refractivity contribution in [3.8, 4) is 0 Å². The molecule has 2 heterocycles. The maximum atomic E-state index is 12.8. The molecule has 0 atom stereocenters. The van der Waals surface area contributed by atoms with Crippen LogP contribution in [0.15, 0.2) is 36.8 Å². The number of benzene rings is 1. The molecular weight excluding hydrogens is 285 g/mol. The molecule has 1 amide bonds. The van der Waals surface area contributed by atoms with E-state index < -0.39 is 11.7 Å². The molecule has 3 rings (SSSR count). The lowest BCUT2D eigenvalue weighted by Gasteiger charge is -2.29. The third kappa shape index (κ3) is 2.39. The van der Waals surface area contributed by atoms with Crippen LogP contribution in [0.25, 0.3) is 0 Å². The van der Waals surface area contributed by atoms with Crippen LogP contribution in [-0.2, 0) is 11.0 Å². The fourth-order valence-corrected chi connectivity index (χ4v) is 2.10. The minimum Gasteiger partial charge on any atom is -0.359 e. The summed E-state index contributed by atoms with van der Waals surface area (Å²) in [6.45, 7) is -0.0414. The molecule has 0 aliphatic carbocycles. The fourth-order valence-electron chi connectivity index (χ4n) is 2.10. The van der Waals surface area contributed by atoms with Gasteiger partial charge >= 0.3 is 6.18 Å². The van der Waals surface area contributed by atoms with Gasteiger partial charge in [0.1, 0.15) is 12.0 Å². The van der Waals surface area contributed by atoms with E-state index in [9.17, 15) is 18.0 Å². The predicted molar refractivity (Wildman–Crippen MR) is 69.1 cm³/mol. The number of amides is 1. The van der Waals surface area contributed by atoms with Crippen molar-refractivity contribution in [2.75, 3.05) is 16.8 Å². The molecule has 0 radical (unpaired) electrons. The molecule has 1 N–H and O–H groups in total. The molecule has 0 saturated carbocycles. The van der Waals surface area contributed by atoms with Gasteiger partial charge in [0, 0.05) is 5.69 Å². The van der Waals surface area contributed by atoms with Crippen molar-refractivity contribution in [3.05, 3.63) is 42.4 Å². The van der Waals surface area contributed by atoms with Gasteiger partial charge in [-0.25, -0.2) is 9.97 Å². The number of aromatic nitrogens is 2. The number of nitrogens with one attached hydrogen (secondary N) is 1. The lowest BCUT2D eigenvalue weighted by atomic mass is 10.1. The van der Waals surface area contributed by atoms with Gasteiger partial charge in [-0.05, 0) is 18.2 Å². The van der Waals surface area contributed by atoms with E-state index in [0.29, 0.717) is 11.5 Å². The maximum Gasteiger partial charge on any atom is 0.416 e. The lowest BCUT2D eigenvalue weighted by Crippen LogP contribution is -2.37. The molecule has 0 fully saturated rings. The van der Waals surface area contributed by atoms with E-state index in [4.69, 9.17) is 0 Å². The molecule has 0 unspecified atom stereocenters. The van der Waals surface area contributed by atoms with Gasteiger partial charge in [-0.1, -0.05) is 6.07 Å².